The minimum Gasteiger partial charge on any atom is -0.450 e. The van der Waals surface area contributed by atoms with E-state index < -0.39 is 24.1 Å². The summed E-state index contributed by atoms with van der Waals surface area (Å²) in [6.45, 7) is 4.28. The Balaban J connectivity index is 1.22. The number of halogens is 2. The van der Waals surface area contributed by atoms with Gasteiger partial charge in [-0.2, -0.15) is 0 Å². The SMILES string of the molecule is CCCCCc1ccc(-c2ccc(C(=O)OC(c3ccccc3)C(OC(=O)c3ccc(-c4ccc(CCCCC)cc4F)cc3)c3ccccc3)cc2)c(F)c1. The van der Waals surface area contributed by atoms with Gasteiger partial charge in [-0.1, -0.05) is 149 Å². The fourth-order valence-electron chi connectivity index (χ4n) is 6.89. The lowest BCUT2D eigenvalue weighted by Gasteiger charge is -2.28. The van der Waals surface area contributed by atoms with Crippen molar-refractivity contribution in [3.8, 4) is 22.3 Å². The number of rotatable bonds is 17. The first-order chi connectivity index (χ1) is 27.3. The van der Waals surface area contributed by atoms with Gasteiger partial charge in [0.1, 0.15) is 11.6 Å². The second-order valence-corrected chi connectivity index (χ2v) is 14.2. The van der Waals surface area contributed by atoms with Crippen molar-refractivity contribution in [1.29, 1.82) is 0 Å². The van der Waals surface area contributed by atoms with Crippen molar-refractivity contribution < 1.29 is 27.8 Å². The number of unbranched alkanes of at least 4 members (excludes halogenated alkanes) is 4. The van der Waals surface area contributed by atoms with Gasteiger partial charge in [0.25, 0.3) is 0 Å². The highest BCUT2D eigenvalue weighted by molar-refractivity contribution is 5.91. The van der Waals surface area contributed by atoms with E-state index in [1.807, 2.05) is 72.8 Å². The van der Waals surface area contributed by atoms with Crippen LogP contribution in [0, 0.1) is 11.6 Å². The molecule has 0 radical (unpaired) electrons. The van der Waals surface area contributed by atoms with Crippen molar-refractivity contribution in [2.24, 2.45) is 0 Å². The Kier molecular flexibility index (Phi) is 14.0. The maximum Gasteiger partial charge on any atom is 0.338 e. The lowest BCUT2D eigenvalue weighted by Crippen LogP contribution is -2.23. The average molecular weight is 751 g/mol. The monoisotopic (exact) mass is 750 g/mol. The van der Waals surface area contributed by atoms with Gasteiger partial charge in [-0.15, -0.1) is 0 Å². The lowest BCUT2D eigenvalue weighted by molar-refractivity contribution is -0.0388. The fraction of sp³-hybridized carbons (Fsp3) is 0.240. The molecule has 2 unspecified atom stereocenters. The summed E-state index contributed by atoms with van der Waals surface area (Å²) in [6, 6.07) is 42.2. The van der Waals surface area contributed by atoms with Gasteiger partial charge in [0, 0.05) is 11.1 Å². The number of ether oxygens (including phenoxy) is 2. The quantitative estimate of drug-likeness (QED) is 0.0688. The molecule has 2 atom stereocenters. The average Bonchev–Trinajstić information content (AvgIpc) is 3.23. The Morgan fingerprint density at radius 2 is 0.857 bits per heavy atom. The van der Waals surface area contributed by atoms with Gasteiger partial charge in [-0.3, -0.25) is 0 Å². The summed E-state index contributed by atoms with van der Waals surface area (Å²) in [5, 5.41) is 0. The van der Waals surface area contributed by atoms with Crippen molar-refractivity contribution >= 4 is 11.9 Å². The van der Waals surface area contributed by atoms with Crippen molar-refractivity contribution in [2.75, 3.05) is 0 Å². The van der Waals surface area contributed by atoms with E-state index in [0.717, 1.165) is 62.5 Å². The molecule has 6 aromatic rings. The molecule has 0 amide bonds. The van der Waals surface area contributed by atoms with Crippen LogP contribution in [0.15, 0.2) is 146 Å². The molecular weight excluding hydrogens is 703 g/mol. The zero-order chi connectivity index (χ0) is 39.3. The third-order valence-corrected chi connectivity index (χ3v) is 10.1. The van der Waals surface area contributed by atoms with E-state index in [9.17, 15) is 9.59 Å². The van der Waals surface area contributed by atoms with E-state index >= 15 is 8.78 Å². The van der Waals surface area contributed by atoms with Crippen molar-refractivity contribution in [3.05, 3.63) is 191 Å². The molecule has 0 heterocycles. The van der Waals surface area contributed by atoms with Crippen LogP contribution < -0.4 is 0 Å². The molecule has 6 rings (SSSR count). The van der Waals surface area contributed by atoms with Gasteiger partial charge < -0.3 is 9.47 Å². The number of esters is 2. The maximum atomic E-state index is 15.2. The highest BCUT2D eigenvalue weighted by atomic mass is 19.1. The number of benzene rings is 6. The number of carbonyl (C=O) groups is 2. The van der Waals surface area contributed by atoms with Crippen LogP contribution in [-0.4, -0.2) is 11.9 Å². The summed E-state index contributed by atoms with van der Waals surface area (Å²) in [6.07, 6.45) is 6.09. The summed E-state index contributed by atoms with van der Waals surface area (Å²) >= 11 is 0. The van der Waals surface area contributed by atoms with E-state index in [2.05, 4.69) is 13.8 Å². The molecule has 56 heavy (non-hydrogen) atoms. The topological polar surface area (TPSA) is 52.6 Å². The molecule has 6 aromatic carbocycles. The molecule has 0 aliphatic heterocycles. The summed E-state index contributed by atoms with van der Waals surface area (Å²) in [7, 11) is 0. The largest absolute Gasteiger partial charge is 0.450 e. The van der Waals surface area contributed by atoms with E-state index in [-0.39, 0.29) is 22.8 Å². The summed E-state index contributed by atoms with van der Waals surface area (Å²) in [5.41, 5.74) is 5.91. The number of hydrogen-bond acceptors (Lipinski definition) is 4. The van der Waals surface area contributed by atoms with Crippen LogP contribution in [0.4, 0.5) is 8.78 Å². The van der Waals surface area contributed by atoms with E-state index in [0.29, 0.717) is 33.4 Å². The number of aryl methyl sites for hydroxylation is 2. The first kappa shape index (κ1) is 39.8. The molecule has 0 aromatic heterocycles. The molecule has 286 valence electrons. The zero-order valence-corrected chi connectivity index (χ0v) is 32.1. The van der Waals surface area contributed by atoms with Crippen molar-refractivity contribution in [3.63, 3.8) is 0 Å². The minimum absolute atomic E-state index is 0.265. The van der Waals surface area contributed by atoms with E-state index in [4.69, 9.17) is 9.47 Å². The molecule has 4 nitrogen and oxygen atoms in total. The maximum absolute atomic E-state index is 15.2. The van der Waals surface area contributed by atoms with E-state index in [1.54, 1.807) is 72.8 Å². The molecule has 0 saturated heterocycles. The second-order valence-electron chi connectivity index (χ2n) is 14.2. The molecule has 0 saturated carbocycles. The zero-order valence-electron chi connectivity index (χ0n) is 32.1. The van der Waals surface area contributed by atoms with Crippen LogP contribution in [0.3, 0.4) is 0 Å². The first-order valence-electron chi connectivity index (χ1n) is 19.6. The Hall–Kier alpha value is -5.88. The normalized spacial score (nSPS) is 12.1. The Labute approximate surface area is 329 Å². The lowest BCUT2D eigenvalue weighted by atomic mass is 9.97. The Bertz CT molecular complexity index is 2020. The molecule has 0 aliphatic carbocycles. The van der Waals surface area contributed by atoms with Crippen molar-refractivity contribution in [2.45, 2.75) is 77.4 Å². The summed E-state index contributed by atoms with van der Waals surface area (Å²) < 4.78 is 42.7. The molecular formula is C50H48F2O4. The Morgan fingerprint density at radius 1 is 0.482 bits per heavy atom. The van der Waals surface area contributed by atoms with Gasteiger partial charge in [0.2, 0.25) is 0 Å². The third-order valence-electron chi connectivity index (χ3n) is 10.1. The molecule has 0 aliphatic rings. The van der Waals surface area contributed by atoms with Crippen LogP contribution in [-0.2, 0) is 22.3 Å². The first-order valence-corrected chi connectivity index (χ1v) is 19.6. The molecule has 0 spiro atoms. The van der Waals surface area contributed by atoms with Crippen LogP contribution in [0.2, 0.25) is 0 Å². The predicted molar refractivity (Wildman–Crippen MR) is 219 cm³/mol. The molecule has 6 heteroatoms. The molecule has 0 fully saturated rings. The fourth-order valence-corrected chi connectivity index (χ4v) is 6.89. The number of hydrogen-bond donors (Lipinski definition) is 0. The molecule has 0 bridgehead atoms. The molecule has 0 N–H and O–H groups in total. The summed E-state index contributed by atoms with van der Waals surface area (Å²) in [5.74, 6) is -1.87. The third kappa shape index (κ3) is 10.2. The van der Waals surface area contributed by atoms with Gasteiger partial charge in [-0.05, 0) is 95.5 Å². The minimum atomic E-state index is -1.02. The van der Waals surface area contributed by atoms with Crippen LogP contribution in [0.25, 0.3) is 22.3 Å². The van der Waals surface area contributed by atoms with Crippen molar-refractivity contribution in [1.82, 2.24) is 0 Å². The van der Waals surface area contributed by atoms with Gasteiger partial charge >= 0.3 is 11.9 Å². The van der Waals surface area contributed by atoms with E-state index in [1.165, 1.54) is 0 Å². The van der Waals surface area contributed by atoms with Gasteiger partial charge in [0.05, 0.1) is 11.1 Å². The standard InChI is InChI=1S/C50H48F2O4/c1-3-5-9-15-35-21-31-43(45(51)33-35)37-23-27-41(28-24-37)49(53)55-47(39-17-11-7-12-18-39)48(40-19-13-8-14-20-40)56-50(54)42-29-25-38(26-30-42)44-32-22-36(34-46(44)52)16-10-6-4-2/h7-8,11-14,17-34,47-48H,3-6,9-10,15-16H2,1-2H3. The smallest absolute Gasteiger partial charge is 0.338 e. The van der Waals surface area contributed by atoms with Crippen LogP contribution in [0.5, 0.6) is 0 Å². The summed E-state index contributed by atoms with van der Waals surface area (Å²) in [4.78, 5) is 27.6. The van der Waals surface area contributed by atoms with Crippen LogP contribution >= 0.6 is 0 Å². The van der Waals surface area contributed by atoms with Crippen LogP contribution in [0.1, 0.15) is 108 Å². The number of carbonyl (C=O) groups excluding carboxylic acids is 2. The highest BCUT2D eigenvalue weighted by Crippen LogP contribution is 2.37. The second kappa shape index (κ2) is 19.6. The Morgan fingerprint density at radius 3 is 1.20 bits per heavy atom. The highest BCUT2D eigenvalue weighted by Gasteiger charge is 2.33. The predicted octanol–water partition coefficient (Wildman–Crippen LogP) is 13.3. The van der Waals surface area contributed by atoms with Gasteiger partial charge in [-0.25, -0.2) is 18.4 Å². The van der Waals surface area contributed by atoms with Gasteiger partial charge in [0.15, 0.2) is 12.2 Å².